The maximum absolute atomic E-state index is 3.84. The van der Waals surface area contributed by atoms with Crippen LogP contribution in [0.1, 0.15) is 48.4 Å². The Morgan fingerprint density at radius 3 is 2.47 bits per heavy atom. The lowest BCUT2D eigenvalue weighted by atomic mass is 9.95. The molecule has 0 aliphatic rings. The second kappa shape index (κ2) is 5.75. The van der Waals surface area contributed by atoms with Crippen molar-refractivity contribution >= 4 is 6.08 Å². The van der Waals surface area contributed by atoms with Gasteiger partial charge in [-0.1, -0.05) is 44.6 Å². The number of rotatable bonds is 5. The molecule has 1 rings (SSSR count). The van der Waals surface area contributed by atoms with Crippen LogP contribution in [0.3, 0.4) is 0 Å². The van der Waals surface area contributed by atoms with Gasteiger partial charge < -0.3 is 0 Å². The molecule has 0 heteroatoms. The van der Waals surface area contributed by atoms with Crippen LogP contribution in [0.25, 0.3) is 6.08 Å². The normalized spacial score (nSPS) is 10.3. The van der Waals surface area contributed by atoms with Crippen molar-refractivity contribution in [1.82, 2.24) is 0 Å². The quantitative estimate of drug-likeness (QED) is 0.608. The highest BCUT2D eigenvalue weighted by atomic mass is 14.1. The van der Waals surface area contributed by atoms with Crippen molar-refractivity contribution in [3.05, 3.63) is 41.0 Å². The molecule has 0 unspecified atom stereocenters. The summed E-state index contributed by atoms with van der Waals surface area (Å²) in [7, 11) is 0. The zero-order valence-electron chi connectivity index (χ0n) is 10.3. The van der Waals surface area contributed by atoms with Crippen LogP contribution in [-0.2, 0) is 6.42 Å². The van der Waals surface area contributed by atoms with E-state index in [1.165, 1.54) is 47.9 Å². The molecule has 0 spiro atoms. The van der Waals surface area contributed by atoms with E-state index >= 15 is 0 Å². The predicted octanol–water partition coefficient (Wildman–Crippen LogP) is 4.68. The first kappa shape index (κ1) is 12.0. The van der Waals surface area contributed by atoms with Gasteiger partial charge in [-0.15, -0.1) is 0 Å². The Kier molecular flexibility index (Phi) is 4.61. The highest BCUT2D eigenvalue weighted by Crippen LogP contribution is 2.20. The molecule has 82 valence electrons. The average molecular weight is 202 g/mol. The summed E-state index contributed by atoms with van der Waals surface area (Å²) in [5, 5.41) is 0. The van der Waals surface area contributed by atoms with E-state index in [4.69, 9.17) is 0 Å². The van der Waals surface area contributed by atoms with Gasteiger partial charge in [-0.2, -0.15) is 0 Å². The van der Waals surface area contributed by atoms with Crippen molar-refractivity contribution < 1.29 is 0 Å². The van der Waals surface area contributed by atoms with Crippen molar-refractivity contribution in [2.24, 2.45) is 0 Å². The second-order valence-corrected chi connectivity index (χ2v) is 4.23. The monoisotopic (exact) mass is 202 g/mol. The Morgan fingerprint density at radius 2 is 1.87 bits per heavy atom. The molecular formula is C15H22. The average Bonchev–Trinajstić information content (AvgIpc) is 2.25. The van der Waals surface area contributed by atoms with Crippen LogP contribution in [0.4, 0.5) is 0 Å². The largest absolute Gasteiger partial charge is 0.0985 e. The number of unbranched alkanes of at least 4 members (excludes halogenated alkanes) is 2. The summed E-state index contributed by atoms with van der Waals surface area (Å²) in [4.78, 5) is 0. The highest BCUT2D eigenvalue weighted by Gasteiger charge is 2.03. The SMILES string of the molecule is C=Cc1ccc(CCCCC)c(C)c1C. The molecule has 0 amide bonds. The summed E-state index contributed by atoms with van der Waals surface area (Å²) in [5.74, 6) is 0. The Morgan fingerprint density at radius 1 is 1.13 bits per heavy atom. The van der Waals surface area contributed by atoms with Crippen LogP contribution in [0.5, 0.6) is 0 Å². The molecule has 0 heterocycles. The van der Waals surface area contributed by atoms with Crippen LogP contribution in [0.2, 0.25) is 0 Å². The standard InChI is InChI=1S/C15H22/c1-5-7-8-9-15-11-10-14(6-2)12(3)13(15)4/h6,10-11H,2,5,7-9H2,1,3-4H3. The number of benzene rings is 1. The zero-order chi connectivity index (χ0) is 11.3. The summed E-state index contributed by atoms with van der Waals surface area (Å²) in [6.07, 6.45) is 7.10. The molecule has 0 fully saturated rings. The first-order valence-electron chi connectivity index (χ1n) is 5.92. The van der Waals surface area contributed by atoms with Gasteiger partial charge >= 0.3 is 0 Å². The Labute approximate surface area is 94.0 Å². The summed E-state index contributed by atoms with van der Waals surface area (Å²) in [6, 6.07) is 4.45. The summed E-state index contributed by atoms with van der Waals surface area (Å²) in [6.45, 7) is 10.5. The van der Waals surface area contributed by atoms with Crippen molar-refractivity contribution in [2.75, 3.05) is 0 Å². The van der Waals surface area contributed by atoms with Gasteiger partial charge in [0.15, 0.2) is 0 Å². The van der Waals surface area contributed by atoms with E-state index in [9.17, 15) is 0 Å². The molecule has 0 aliphatic heterocycles. The van der Waals surface area contributed by atoms with E-state index in [1.807, 2.05) is 6.08 Å². The first-order valence-corrected chi connectivity index (χ1v) is 5.92. The van der Waals surface area contributed by atoms with Crippen molar-refractivity contribution in [1.29, 1.82) is 0 Å². The maximum Gasteiger partial charge on any atom is -0.0230 e. The summed E-state index contributed by atoms with van der Waals surface area (Å²) >= 11 is 0. The molecule has 1 aromatic carbocycles. The number of hydrogen-bond acceptors (Lipinski definition) is 0. The lowest BCUT2D eigenvalue weighted by Gasteiger charge is -2.11. The smallest absolute Gasteiger partial charge is 0.0230 e. The van der Waals surface area contributed by atoms with Gasteiger partial charge in [0.05, 0.1) is 0 Å². The Hall–Kier alpha value is -1.04. The Bertz CT molecular complexity index is 334. The fourth-order valence-electron chi connectivity index (χ4n) is 1.96. The third-order valence-electron chi connectivity index (χ3n) is 3.21. The molecule has 0 radical (unpaired) electrons. The van der Waals surface area contributed by atoms with Crippen LogP contribution in [0.15, 0.2) is 18.7 Å². The topological polar surface area (TPSA) is 0 Å². The molecule has 15 heavy (non-hydrogen) atoms. The van der Waals surface area contributed by atoms with Crippen molar-refractivity contribution in [3.8, 4) is 0 Å². The van der Waals surface area contributed by atoms with E-state index < -0.39 is 0 Å². The highest BCUT2D eigenvalue weighted by molar-refractivity contribution is 5.55. The molecule has 0 nitrogen and oxygen atoms in total. The summed E-state index contributed by atoms with van der Waals surface area (Å²) < 4.78 is 0. The molecule has 0 aliphatic carbocycles. The fraction of sp³-hybridized carbons (Fsp3) is 0.467. The second-order valence-electron chi connectivity index (χ2n) is 4.23. The molecule has 0 aromatic heterocycles. The van der Waals surface area contributed by atoms with Crippen molar-refractivity contribution in [3.63, 3.8) is 0 Å². The van der Waals surface area contributed by atoms with Gasteiger partial charge in [0.1, 0.15) is 0 Å². The molecular weight excluding hydrogens is 180 g/mol. The van der Waals surface area contributed by atoms with Gasteiger partial charge in [-0.05, 0) is 48.9 Å². The lowest BCUT2D eigenvalue weighted by molar-refractivity contribution is 0.715. The first-order chi connectivity index (χ1) is 7.20. The van der Waals surface area contributed by atoms with Crippen LogP contribution in [-0.4, -0.2) is 0 Å². The van der Waals surface area contributed by atoms with E-state index in [1.54, 1.807) is 0 Å². The minimum atomic E-state index is 1.22. The molecule has 0 atom stereocenters. The number of hydrogen-bond donors (Lipinski definition) is 0. The Balaban J connectivity index is 2.82. The molecule has 0 saturated heterocycles. The van der Waals surface area contributed by atoms with Gasteiger partial charge in [-0.3, -0.25) is 0 Å². The minimum Gasteiger partial charge on any atom is -0.0985 e. The van der Waals surface area contributed by atoms with Gasteiger partial charge in [0.2, 0.25) is 0 Å². The predicted molar refractivity (Wildman–Crippen MR) is 69.2 cm³/mol. The zero-order valence-corrected chi connectivity index (χ0v) is 10.3. The third-order valence-corrected chi connectivity index (χ3v) is 3.21. The van der Waals surface area contributed by atoms with Gasteiger partial charge in [0, 0.05) is 0 Å². The molecule has 0 bridgehead atoms. The molecule has 0 N–H and O–H groups in total. The molecule has 1 aromatic rings. The van der Waals surface area contributed by atoms with Crippen LogP contribution in [0, 0.1) is 13.8 Å². The summed E-state index contributed by atoms with van der Waals surface area (Å²) in [5.41, 5.74) is 5.61. The van der Waals surface area contributed by atoms with Gasteiger partial charge in [0.25, 0.3) is 0 Å². The number of aryl methyl sites for hydroxylation is 1. The van der Waals surface area contributed by atoms with E-state index in [-0.39, 0.29) is 0 Å². The van der Waals surface area contributed by atoms with Gasteiger partial charge in [-0.25, -0.2) is 0 Å². The maximum atomic E-state index is 3.84. The van der Waals surface area contributed by atoms with E-state index in [0.29, 0.717) is 0 Å². The third kappa shape index (κ3) is 2.95. The van der Waals surface area contributed by atoms with Crippen molar-refractivity contribution in [2.45, 2.75) is 46.5 Å². The van der Waals surface area contributed by atoms with E-state index in [2.05, 4.69) is 39.5 Å². The molecule has 0 saturated carbocycles. The fourth-order valence-corrected chi connectivity index (χ4v) is 1.96. The minimum absolute atomic E-state index is 1.22. The van der Waals surface area contributed by atoms with Crippen LogP contribution < -0.4 is 0 Å². The lowest BCUT2D eigenvalue weighted by Crippen LogP contribution is -1.95. The van der Waals surface area contributed by atoms with E-state index in [0.717, 1.165) is 0 Å². The van der Waals surface area contributed by atoms with Crippen LogP contribution >= 0.6 is 0 Å².